The molecule has 0 saturated carbocycles. The first-order valence-electron chi connectivity index (χ1n) is 8.94. The van der Waals surface area contributed by atoms with Crippen LogP contribution in [-0.4, -0.2) is 52.8 Å². The summed E-state index contributed by atoms with van der Waals surface area (Å²) in [5.74, 6) is -0.386. The molecule has 6 heteroatoms. The molecule has 1 fully saturated rings. The zero-order valence-corrected chi connectivity index (χ0v) is 14.5. The van der Waals surface area contributed by atoms with Crippen LogP contribution in [0.3, 0.4) is 0 Å². The molecular formula is C19H25NO5. The highest BCUT2D eigenvalue weighted by molar-refractivity contribution is 5.95. The number of carbonyl (C=O) groups is 2. The maximum atomic E-state index is 12.9. The number of nitrogens with zero attached hydrogens (tertiary/aromatic N) is 1. The second-order valence-corrected chi connectivity index (χ2v) is 7.02. The molecule has 1 amide bonds. The van der Waals surface area contributed by atoms with E-state index >= 15 is 0 Å². The number of aliphatic hydroxyl groups excluding tert-OH is 1. The molecule has 2 heterocycles. The number of aryl methyl sites for hydroxylation is 1. The summed E-state index contributed by atoms with van der Waals surface area (Å²) in [6, 6.07) is 5.40. The van der Waals surface area contributed by atoms with E-state index in [0.717, 1.165) is 24.2 Å². The fraction of sp³-hybridized carbons (Fsp3) is 0.579. The van der Waals surface area contributed by atoms with Crippen LogP contribution in [-0.2, 0) is 11.2 Å². The molecule has 1 aromatic rings. The van der Waals surface area contributed by atoms with E-state index in [2.05, 4.69) is 0 Å². The molecule has 0 bridgehead atoms. The largest absolute Gasteiger partial charge is 0.493 e. The van der Waals surface area contributed by atoms with E-state index in [0.29, 0.717) is 31.6 Å². The van der Waals surface area contributed by atoms with Gasteiger partial charge in [-0.25, -0.2) is 0 Å². The third-order valence-corrected chi connectivity index (χ3v) is 5.35. The number of fused-ring (bicyclic) bond motifs is 1. The Bertz CT molecular complexity index is 674. The van der Waals surface area contributed by atoms with Gasteiger partial charge < -0.3 is 19.8 Å². The number of carboxylic acids is 1. The van der Waals surface area contributed by atoms with Gasteiger partial charge in [-0.1, -0.05) is 13.3 Å². The molecule has 2 N–H and O–H groups in total. The summed E-state index contributed by atoms with van der Waals surface area (Å²) in [6.45, 7) is 3.00. The van der Waals surface area contributed by atoms with Crippen LogP contribution >= 0.6 is 0 Å². The highest BCUT2D eigenvalue weighted by Gasteiger charge is 2.49. The molecule has 136 valence electrons. The van der Waals surface area contributed by atoms with Crippen molar-refractivity contribution in [1.82, 2.24) is 4.90 Å². The number of aliphatic carboxylic acids is 1. The number of likely N-dealkylation sites (tertiary alicyclic amines) is 1. The Labute approximate surface area is 147 Å². The summed E-state index contributed by atoms with van der Waals surface area (Å²) in [5.41, 5.74) is 0.295. The number of carbonyl (C=O) groups excluding carboxylic acids is 1. The van der Waals surface area contributed by atoms with E-state index < -0.39 is 17.5 Å². The average molecular weight is 347 g/mol. The number of hydrogen-bond donors (Lipinski definition) is 2. The van der Waals surface area contributed by atoms with Gasteiger partial charge in [0.2, 0.25) is 0 Å². The molecular weight excluding hydrogens is 322 g/mol. The summed E-state index contributed by atoms with van der Waals surface area (Å²) in [5, 5.41) is 20.0. The zero-order chi connectivity index (χ0) is 18.0. The monoisotopic (exact) mass is 347 g/mol. The average Bonchev–Trinajstić information content (AvgIpc) is 2.62. The van der Waals surface area contributed by atoms with Gasteiger partial charge in [0, 0.05) is 18.7 Å². The number of amides is 1. The summed E-state index contributed by atoms with van der Waals surface area (Å²) >= 11 is 0. The molecule has 25 heavy (non-hydrogen) atoms. The van der Waals surface area contributed by atoms with Gasteiger partial charge in [0.25, 0.3) is 5.91 Å². The number of rotatable bonds is 4. The lowest BCUT2D eigenvalue weighted by Crippen LogP contribution is -2.57. The number of piperidine rings is 1. The van der Waals surface area contributed by atoms with Gasteiger partial charge in [0.15, 0.2) is 0 Å². The Morgan fingerprint density at radius 3 is 2.92 bits per heavy atom. The van der Waals surface area contributed by atoms with Crippen molar-refractivity contribution in [2.75, 3.05) is 19.7 Å². The van der Waals surface area contributed by atoms with Crippen molar-refractivity contribution in [2.45, 2.75) is 45.1 Å². The quantitative estimate of drug-likeness (QED) is 0.871. The number of benzene rings is 1. The van der Waals surface area contributed by atoms with Gasteiger partial charge in [-0.15, -0.1) is 0 Å². The topological polar surface area (TPSA) is 87.1 Å². The molecule has 0 aliphatic carbocycles. The Morgan fingerprint density at radius 2 is 2.20 bits per heavy atom. The van der Waals surface area contributed by atoms with Gasteiger partial charge in [-0.05, 0) is 49.4 Å². The number of carboxylic acid groups (broad SMARTS) is 1. The Hall–Kier alpha value is -2.08. The van der Waals surface area contributed by atoms with Crippen molar-refractivity contribution in [3.8, 4) is 5.75 Å². The van der Waals surface area contributed by atoms with Crippen LogP contribution in [0.2, 0.25) is 0 Å². The van der Waals surface area contributed by atoms with Crippen LogP contribution in [0.15, 0.2) is 18.2 Å². The first-order valence-corrected chi connectivity index (χ1v) is 8.94. The number of aliphatic hydroxyl groups is 1. The first kappa shape index (κ1) is 17.7. The van der Waals surface area contributed by atoms with Crippen molar-refractivity contribution >= 4 is 11.9 Å². The minimum atomic E-state index is -1.28. The summed E-state index contributed by atoms with van der Waals surface area (Å²) in [6.07, 6.45) is 2.16. The molecule has 2 aliphatic rings. The van der Waals surface area contributed by atoms with E-state index in [1.807, 2.05) is 19.1 Å². The predicted octanol–water partition coefficient (Wildman–Crippen LogP) is 2.09. The summed E-state index contributed by atoms with van der Waals surface area (Å²) in [4.78, 5) is 26.3. The van der Waals surface area contributed by atoms with Gasteiger partial charge in [-0.3, -0.25) is 9.59 Å². The van der Waals surface area contributed by atoms with Crippen molar-refractivity contribution in [2.24, 2.45) is 5.41 Å². The molecule has 1 saturated heterocycles. The molecule has 6 nitrogen and oxygen atoms in total. The van der Waals surface area contributed by atoms with Gasteiger partial charge in [-0.2, -0.15) is 0 Å². The molecule has 1 aromatic carbocycles. The molecule has 2 aliphatic heterocycles. The Balaban J connectivity index is 1.83. The minimum absolute atomic E-state index is 0.0454. The third-order valence-electron chi connectivity index (χ3n) is 5.35. The van der Waals surface area contributed by atoms with Crippen LogP contribution in [0, 0.1) is 5.41 Å². The standard InChI is InChI=1S/C19H25NO5/c1-2-8-19(18(23)24)12-20(9-7-16(19)21)17(22)14-5-6-15-13(11-14)4-3-10-25-15/h5-6,11,16,21H,2-4,7-10,12H2,1H3,(H,23,24)/t16-,19-/m1/s1. The molecule has 3 rings (SSSR count). The zero-order valence-electron chi connectivity index (χ0n) is 14.5. The third kappa shape index (κ3) is 3.23. The van der Waals surface area contributed by atoms with Crippen LogP contribution in [0.25, 0.3) is 0 Å². The SMILES string of the molecule is CCC[C@@]1(C(=O)O)CN(C(=O)c2ccc3c(c2)CCCO3)CC[C@H]1O. The van der Waals surface area contributed by atoms with Crippen molar-refractivity contribution in [3.05, 3.63) is 29.3 Å². The minimum Gasteiger partial charge on any atom is -0.493 e. The Morgan fingerprint density at radius 1 is 1.40 bits per heavy atom. The van der Waals surface area contributed by atoms with Crippen LogP contribution in [0.5, 0.6) is 5.75 Å². The van der Waals surface area contributed by atoms with Gasteiger partial charge >= 0.3 is 5.97 Å². The lowest BCUT2D eigenvalue weighted by molar-refractivity contribution is -0.162. The Kier molecular flexibility index (Phi) is 4.99. The molecule has 0 spiro atoms. The summed E-state index contributed by atoms with van der Waals surface area (Å²) < 4.78 is 5.58. The van der Waals surface area contributed by atoms with E-state index in [4.69, 9.17) is 4.74 Å². The second-order valence-electron chi connectivity index (χ2n) is 7.02. The fourth-order valence-electron chi connectivity index (χ4n) is 3.94. The van der Waals surface area contributed by atoms with E-state index in [-0.39, 0.29) is 18.9 Å². The highest BCUT2D eigenvalue weighted by Crippen LogP contribution is 2.36. The van der Waals surface area contributed by atoms with Crippen molar-refractivity contribution in [1.29, 1.82) is 0 Å². The first-order chi connectivity index (χ1) is 12.0. The molecule has 2 atom stereocenters. The van der Waals surface area contributed by atoms with Crippen molar-refractivity contribution < 1.29 is 24.5 Å². The number of hydrogen-bond acceptors (Lipinski definition) is 4. The maximum Gasteiger partial charge on any atom is 0.314 e. The number of ether oxygens (including phenoxy) is 1. The predicted molar refractivity (Wildman–Crippen MR) is 91.8 cm³/mol. The fourth-order valence-corrected chi connectivity index (χ4v) is 3.94. The van der Waals surface area contributed by atoms with Gasteiger partial charge in [0.1, 0.15) is 11.2 Å². The van der Waals surface area contributed by atoms with Crippen LogP contribution in [0.1, 0.15) is 48.5 Å². The normalized spacial score (nSPS) is 25.8. The highest BCUT2D eigenvalue weighted by atomic mass is 16.5. The lowest BCUT2D eigenvalue weighted by Gasteiger charge is -2.43. The van der Waals surface area contributed by atoms with Crippen molar-refractivity contribution in [3.63, 3.8) is 0 Å². The molecule has 0 unspecified atom stereocenters. The van der Waals surface area contributed by atoms with E-state index in [1.54, 1.807) is 11.0 Å². The van der Waals surface area contributed by atoms with E-state index in [9.17, 15) is 19.8 Å². The summed E-state index contributed by atoms with van der Waals surface area (Å²) in [7, 11) is 0. The maximum absolute atomic E-state index is 12.9. The van der Waals surface area contributed by atoms with Crippen LogP contribution < -0.4 is 4.74 Å². The van der Waals surface area contributed by atoms with Gasteiger partial charge in [0.05, 0.1) is 12.7 Å². The lowest BCUT2D eigenvalue weighted by atomic mass is 9.74. The van der Waals surface area contributed by atoms with E-state index in [1.165, 1.54) is 0 Å². The smallest absolute Gasteiger partial charge is 0.314 e. The molecule has 0 radical (unpaired) electrons. The van der Waals surface area contributed by atoms with Crippen LogP contribution in [0.4, 0.5) is 0 Å². The second kappa shape index (κ2) is 7.04. The molecule has 0 aromatic heterocycles.